The van der Waals surface area contributed by atoms with Crippen LogP contribution in [-0.4, -0.2) is 31.6 Å². The summed E-state index contributed by atoms with van der Waals surface area (Å²) in [6.07, 6.45) is 2.26. The topological polar surface area (TPSA) is 50.5 Å². The third-order valence-corrected chi connectivity index (χ3v) is 6.84. The van der Waals surface area contributed by atoms with Crippen LogP contribution in [0.3, 0.4) is 0 Å². The molecule has 0 spiro atoms. The van der Waals surface area contributed by atoms with Crippen LogP contribution in [0, 0.1) is 5.82 Å². The fourth-order valence-electron chi connectivity index (χ4n) is 2.49. The molecule has 0 radical (unpaired) electrons. The SMILES string of the molecule is O=S(=O)(c1ccccc1F)N1CCS[C@H](c2ccco2)CC1. The van der Waals surface area contributed by atoms with E-state index in [2.05, 4.69) is 0 Å². The van der Waals surface area contributed by atoms with E-state index in [1.165, 1.54) is 28.6 Å². The van der Waals surface area contributed by atoms with Crippen LogP contribution in [0.2, 0.25) is 0 Å². The summed E-state index contributed by atoms with van der Waals surface area (Å²) in [6.45, 7) is 0.730. The lowest BCUT2D eigenvalue weighted by Crippen LogP contribution is -2.33. The van der Waals surface area contributed by atoms with Crippen LogP contribution in [0.1, 0.15) is 17.4 Å². The maximum absolute atomic E-state index is 13.8. The van der Waals surface area contributed by atoms with Gasteiger partial charge in [0.25, 0.3) is 0 Å². The number of furan rings is 1. The lowest BCUT2D eigenvalue weighted by molar-refractivity contribution is 0.414. The minimum atomic E-state index is -3.79. The zero-order valence-electron chi connectivity index (χ0n) is 11.8. The van der Waals surface area contributed by atoms with Gasteiger partial charge in [-0.05, 0) is 30.7 Å². The summed E-state index contributed by atoms with van der Waals surface area (Å²) in [5.41, 5.74) is 0. The van der Waals surface area contributed by atoms with E-state index in [1.807, 2.05) is 12.1 Å². The van der Waals surface area contributed by atoms with E-state index in [0.29, 0.717) is 25.3 Å². The van der Waals surface area contributed by atoms with Crippen LogP contribution in [0.15, 0.2) is 52.0 Å². The zero-order valence-corrected chi connectivity index (χ0v) is 13.4. The maximum Gasteiger partial charge on any atom is 0.246 e. The van der Waals surface area contributed by atoms with Crippen LogP contribution in [0.5, 0.6) is 0 Å². The van der Waals surface area contributed by atoms with Gasteiger partial charge in [-0.15, -0.1) is 11.8 Å². The number of hydrogen-bond donors (Lipinski definition) is 0. The van der Waals surface area contributed by atoms with Gasteiger partial charge in [0.05, 0.1) is 11.5 Å². The Bertz CT molecular complexity index is 731. The molecule has 0 unspecified atom stereocenters. The van der Waals surface area contributed by atoms with Crippen molar-refractivity contribution >= 4 is 21.8 Å². The highest BCUT2D eigenvalue weighted by Crippen LogP contribution is 2.35. The van der Waals surface area contributed by atoms with Crippen molar-refractivity contribution in [2.24, 2.45) is 0 Å². The summed E-state index contributed by atoms with van der Waals surface area (Å²) >= 11 is 1.67. The first-order chi connectivity index (χ1) is 10.6. The normalized spacial score (nSPS) is 20.7. The Morgan fingerprint density at radius 3 is 2.73 bits per heavy atom. The lowest BCUT2D eigenvalue weighted by atomic mass is 10.2. The molecule has 1 atom stereocenters. The number of thioether (sulfide) groups is 1. The molecule has 2 aromatic rings. The largest absolute Gasteiger partial charge is 0.468 e. The van der Waals surface area contributed by atoms with E-state index in [9.17, 15) is 12.8 Å². The molecule has 1 fully saturated rings. The Morgan fingerprint density at radius 2 is 2.00 bits per heavy atom. The molecule has 1 aromatic carbocycles. The molecule has 0 aliphatic carbocycles. The van der Waals surface area contributed by atoms with Gasteiger partial charge in [0.15, 0.2) is 0 Å². The highest BCUT2D eigenvalue weighted by molar-refractivity contribution is 7.99. The predicted molar refractivity (Wildman–Crippen MR) is 83.7 cm³/mol. The third kappa shape index (κ3) is 3.06. The molecular weight excluding hydrogens is 325 g/mol. The smallest absolute Gasteiger partial charge is 0.246 e. The van der Waals surface area contributed by atoms with Crippen molar-refractivity contribution in [1.82, 2.24) is 4.31 Å². The van der Waals surface area contributed by atoms with Gasteiger partial charge in [-0.25, -0.2) is 12.8 Å². The van der Waals surface area contributed by atoms with Gasteiger partial charge in [0.2, 0.25) is 10.0 Å². The Hall–Kier alpha value is -1.31. The Kier molecular flexibility index (Phi) is 4.56. The zero-order chi connectivity index (χ0) is 15.6. The molecule has 2 heterocycles. The molecule has 22 heavy (non-hydrogen) atoms. The van der Waals surface area contributed by atoms with E-state index in [0.717, 1.165) is 5.76 Å². The van der Waals surface area contributed by atoms with E-state index in [-0.39, 0.29) is 10.1 Å². The standard InChI is InChI=1S/C15H16FNO3S2/c16-12-4-1-2-6-15(12)22(18,19)17-8-7-14(21-11-9-17)13-5-3-10-20-13/h1-6,10,14H,7-9,11H2/t14-/m0/s1. The summed E-state index contributed by atoms with van der Waals surface area (Å²) in [7, 11) is -3.79. The van der Waals surface area contributed by atoms with E-state index in [1.54, 1.807) is 18.0 Å². The van der Waals surface area contributed by atoms with Crippen LogP contribution in [-0.2, 0) is 10.0 Å². The first-order valence-corrected chi connectivity index (χ1v) is 9.47. The molecule has 0 N–H and O–H groups in total. The van der Waals surface area contributed by atoms with Gasteiger partial charge in [-0.2, -0.15) is 4.31 Å². The molecular formula is C15H16FNO3S2. The minimum absolute atomic E-state index is 0.135. The molecule has 1 aliphatic heterocycles. The highest BCUT2D eigenvalue weighted by Gasteiger charge is 2.30. The summed E-state index contributed by atoms with van der Waals surface area (Å²) in [5, 5.41) is 0.135. The average Bonchev–Trinajstić information content (AvgIpc) is 2.91. The third-order valence-electron chi connectivity index (χ3n) is 3.62. The molecule has 1 saturated heterocycles. The number of nitrogens with zero attached hydrogens (tertiary/aromatic N) is 1. The molecule has 118 valence electrons. The van der Waals surface area contributed by atoms with Crippen molar-refractivity contribution in [2.45, 2.75) is 16.6 Å². The molecule has 0 amide bonds. The number of rotatable bonds is 3. The molecule has 0 saturated carbocycles. The van der Waals surface area contributed by atoms with Gasteiger partial charge in [0.1, 0.15) is 16.5 Å². The maximum atomic E-state index is 13.8. The summed E-state index contributed by atoms with van der Waals surface area (Å²) < 4.78 is 45.8. The van der Waals surface area contributed by atoms with Crippen LogP contribution in [0.4, 0.5) is 4.39 Å². The van der Waals surface area contributed by atoms with Crippen molar-refractivity contribution in [3.63, 3.8) is 0 Å². The Balaban J connectivity index is 1.80. The van der Waals surface area contributed by atoms with E-state index >= 15 is 0 Å². The molecule has 1 aliphatic rings. The number of halogens is 1. The highest BCUT2D eigenvalue weighted by atomic mass is 32.2. The van der Waals surface area contributed by atoms with Crippen molar-refractivity contribution in [3.8, 4) is 0 Å². The van der Waals surface area contributed by atoms with E-state index < -0.39 is 15.8 Å². The molecule has 3 rings (SSSR count). The Morgan fingerprint density at radius 1 is 1.18 bits per heavy atom. The van der Waals surface area contributed by atoms with Crippen molar-refractivity contribution in [3.05, 3.63) is 54.2 Å². The van der Waals surface area contributed by atoms with Crippen molar-refractivity contribution in [2.75, 3.05) is 18.8 Å². The van der Waals surface area contributed by atoms with Crippen LogP contribution >= 0.6 is 11.8 Å². The summed E-state index contributed by atoms with van der Waals surface area (Å²) in [6, 6.07) is 9.24. The fraction of sp³-hybridized carbons (Fsp3) is 0.333. The summed E-state index contributed by atoms with van der Waals surface area (Å²) in [5.74, 6) is 0.802. The van der Waals surface area contributed by atoms with Gasteiger partial charge in [-0.3, -0.25) is 0 Å². The number of sulfonamides is 1. The number of benzene rings is 1. The quantitative estimate of drug-likeness (QED) is 0.860. The molecule has 7 heteroatoms. The van der Waals surface area contributed by atoms with Gasteiger partial charge >= 0.3 is 0 Å². The Labute approximate surface area is 133 Å². The van der Waals surface area contributed by atoms with Gasteiger partial charge < -0.3 is 4.42 Å². The monoisotopic (exact) mass is 341 g/mol. The minimum Gasteiger partial charge on any atom is -0.468 e. The second kappa shape index (κ2) is 6.44. The van der Waals surface area contributed by atoms with Gasteiger partial charge in [-0.1, -0.05) is 12.1 Å². The first-order valence-electron chi connectivity index (χ1n) is 6.99. The molecule has 1 aromatic heterocycles. The number of hydrogen-bond acceptors (Lipinski definition) is 4. The fourth-order valence-corrected chi connectivity index (χ4v) is 5.30. The second-order valence-corrected chi connectivity index (χ2v) is 8.22. The van der Waals surface area contributed by atoms with E-state index in [4.69, 9.17) is 4.42 Å². The summed E-state index contributed by atoms with van der Waals surface area (Å²) in [4.78, 5) is -0.253. The first kappa shape index (κ1) is 15.6. The second-order valence-electron chi connectivity index (χ2n) is 5.00. The average molecular weight is 341 g/mol. The molecule has 0 bridgehead atoms. The van der Waals surface area contributed by atoms with Crippen LogP contribution < -0.4 is 0 Å². The predicted octanol–water partition coefficient (Wildman–Crippen LogP) is 3.29. The van der Waals surface area contributed by atoms with Crippen molar-refractivity contribution in [1.29, 1.82) is 0 Å². The van der Waals surface area contributed by atoms with Crippen LogP contribution in [0.25, 0.3) is 0 Å². The lowest BCUT2D eigenvalue weighted by Gasteiger charge is -2.20. The van der Waals surface area contributed by atoms with Crippen molar-refractivity contribution < 1.29 is 17.2 Å². The molecule has 4 nitrogen and oxygen atoms in total. The van der Waals surface area contributed by atoms with Gasteiger partial charge in [0, 0.05) is 18.8 Å².